The number of aliphatic hydroxyl groups excluding tert-OH is 1. The molecule has 0 saturated carbocycles. The van der Waals surface area contributed by atoms with Crippen molar-refractivity contribution in [2.24, 2.45) is 0 Å². The quantitative estimate of drug-likeness (QED) is 0.837. The molecule has 4 nitrogen and oxygen atoms in total. The highest BCUT2D eigenvalue weighted by atomic mass is 32.1. The summed E-state index contributed by atoms with van der Waals surface area (Å²) >= 11 is 1.61. The summed E-state index contributed by atoms with van der Waals surface area (Å²) in [7, 11) is 0. The van der Waals surface area contributed by atoms with E-state index in [-0.39, 0.29) is 6.10 Å². The van der Waals surface area contributed by atoms with Gasteiger partial charge < -0.3 is 10.4 Å². The number of hydrogen-bond acceptors (Lipinski definition) is 5. The number of anilines is 1. The number of nitrogens with zero attached hydrogens (tertiary/aromatic N) is 2. The zero-order chi connectivity index (χ0) is 11.4. The van der Waals surface area contributed by atoms with Gasteiger partial charge in [0, 0.05) is 6.54 Å². The molecule has 0 amide bonds. The molecule has 0 aliphatic carbocycles. The fourth-order valence-corrected chi connectivity index (χ4v) is 2.38. The Morgan fingerprint density at radius 3 is 3.19 bits per heavy atom. The van der Waals surface area contributed by atoms with Crippen LogP contribution in [0.4, 0.5) is 5.82 Å². The normalized spacial score (nSPS) is 12.9. The highest BCUT2D eigenvalue weighted by Gasteiger charge is 2.07. The monoisotopic (exact) mass is 237 g/mol. The topological polar surface area (TPSA) is 58.0 Å². The van der Waals surface area contributed by atoms with Crippen molar-refractivity contribution in [3.63, 3.8) is 0 Å². The lowest BCUT2D eigenvalue weighted by Crippen LogP contribution is -2.19. The van der Waals surface area contributed by atoms with Crippen LogP contribution in [-0.2, 0) is 0 Å². The summed E-state index contributed by atoms with van der Waals surface area (Å²) in [4.78, 5) is 8.35. The highest BCUT2D eigenvalue weighted by Crippen LogP contribution is 2.24. The molecule has 0 aliphatic rings. The molecule has 2 heterocycles. The first-order valence-electron chi connectivity index (χ1n) is 5.41. The van der Waals surface area contributed by atoms with Gasteiger partial charge in [-0.1, -0.05) is 13.3 Å². The van der Waals surface area contributed by atoms with E-state index in [2.05, 4.69) is 22.2 Å². The second-order valence-electron chi connectivity index (χ2n) is 3.68. The SMILES string of the molecule is CCCC(O)CNc1ncnc2ccsc12. The third-order valence-electron chi connectivity index (χ3n) is 2.37. The van der Waals surface area contributed by atoms with Crippen molar-refractivity contribution in [2.45, 2.75) is 25.9 Å². The minimum Gasteiger partial charge on any atom is -0.391 e. The number of rotatable bonds is 5. The Balaban J connectivity index is 2.06. The van der Waals surface area contributed by atoms with Gasteiger partial charge in [0.05, 0.1) is 16.3 Å². The number of aliphatic hydroxyl groups is 1. The molecule has 0 radical (unpaired) electrons. The van der Waals surface area contributed by atoms with E-state index in [4.69, 9.17) is 0 Å². The molecule has 5 heteroatoms. The Hall–Kier alpha value is -1.20. The molecule has 0 spiro atoms. The summed E-state index contributed by atoms with van der Waals surface area (Å²) < 4.78 is 1.05. The van der Waals surface area contributed by atoms with Gasteiger partial charge >= 0.3 is 0 Å². The first-order valence-corrected chi connectivity index (χ1v) is 6.29. The molecule has 86 valence electrons. The largest absolute Gasteiger partial charge is 0.391 e. The first kappa shape index (κ1) is 11.3. The van der Waals surface area contributed by atoms with E-state index in [1.54, 1.807) is 17.7 Å². The average Bonchev–Trinajstić information content (AvgIpc) is 2.75. The molecular weight excluding hydrogens is 222 g/mol. The molecule has 2 aromatic heterocycles. The maximum atomic E-state index is 9.63. The Morgan fingerprint density at radius 2 is 2.38 bits per heavy atom. The molecule has 0 fully saturated rings. The zero-order valence-electron chi connectivity index (χ0n) is 9.18. The van der Waals surface area contributed by atoms with Gasteiger partial charge in [-0.25, -0.2) is 9.97 Å². The van der Waals surface area contributed by atoms with Crippen LogP contribution in [0.3, 0.4) is 0 Å². The van der Waals surface area contributed by atoms with Crippen molar-refractivity contribution in [2.75, 3.05) is 11.9 Å². The van der Waals surface area contributed by atoms with Crippen LogP contribution in [0.2, 0.25) is 0 Å². The van der Waals surface area contributed by atoms with Crippen LogP contribution in [0.1, 0.15) is 19.8 Å². The molecule has 0 saturated heterocycles. The summed E-state index contributed by atoms with van der Waals surface area (Å²) in [6.07, 6.45) is 3.03. The number of fused-ring (bicyclic) bond motifs is 1. The van der Waals surface area contributed by atoms with Gasteiger partial charge in [0.1, 0.15) is 12.1 Å². The number of aromatic nitrogens is 2. The van der Waals surface area contributed by atoms with Crippen LogP contribution in [0, 0.1) is 0 Å². The second-order valence-corrected chi connectivity index (χ2v) is 4.60. The lowest BCUT2D eigenvalue weighted by molar-refractivity contribution is 0.176. The van der Waals surface area contributed by atoms with Gasteiger partial charge in [-0.2, -0.15) is 0 Å². The van der Waals surface area contributed by atoms with Crippen molar-refractivity contribution < 1.29 is 5.11 Å². The Bertz CT molecular complexity index is 457. The van der Waals surface area contributed by atoms with Gasteiger partial charge in [-0.3, -0.25) is 0 Å². The van der Waals surface area contributed by atoms with Gasteiger partial charge in [-0.15, -0.1) is 11.3 Å². The zero-order valence-corrected chi connectivity index (χ0v) is 10.00. The maximum Gasteiger partial charge on any atom is 0.147 e. The molecule has 0 aromatic carbocycles. The first-order chi connectivity index (χ1) is 7.81. The molecule has 2 rings (SSSR count). The highest BCUT2D eigenvalue weighted by molar-refractivity contribution is 7.17. The Morgan fingerprint density at radius 1 is 1.50 bits per heavy atom. The van der Waals surface area contributed by atoms with Crippen LogP contribution in [-0.4, -0.2) is 27.7 Å². The van der Waals surface area contributed by atoms with Crippen LogP contribution < -0.4 is 5.32 Å². The van der Waals surface area contributed by atoms with Crippen molar-refractivity contribution >= 4 is 27.4 Å². The molecule has 2 aromatic rings. The Kier molecular flexibility index (Phi) is 3.69. The third-order valence-corrected chi connectivity index (χ3v) is 3.28. The minimum atomic E-state index is -0.310. The van der Waals surface area contributed by atoms with Gasteiger partial charge in [-0.05, 0) is 17.9 Å². The van der Waals surface area contributed by atoms with E-state index in [0.717, 1.165) is 28.9 Å². The number of nitrogens with one attached hydrogen (secondary N) is 1. The Labute approximate surface area is 98.4 Å². The average molecular weight is 237 g/mol. The predicted molar refractivity (Wildman–Crippen MR) is 66.8 cm³/mol. The fourth-order valence-electron chi connectivity index (χ4n) is 1.56. The maximum absolute atomic E-state index is 9.63. The molecule has 1 unspecified atom stereocenters. The van der Waals surface area contributed by atoms with Crippen LogP contribution in [0.15, 0.2) is 17.8 Å². The molecule has 0 bridgehead atoms. The lowest BCUT2D eigenvalue weighted by Gasteiger charge is -2.11. The van der Waals surface area contributed by atoms with E-state index < -0.39 is 0 Å². The summed E-state index contributed by atoms with van der Waals surface area (Å²) in [6.45, 7) is 2.60. The van der Waals surface area contributed by atoms with E-state index >= 15 is 0 Å². The third kappa shape index (κ3) is 2.48. The summed E-state index contributed by atoms with van der Waals surface area (Å²) in [5.41, 5.74) is 0.951. The lowest BCUT2D eigenvalue weighted by atomic mass is 10.2. The van der Waals surface area contributed by atoms with Crippen molar-refractivity contribution in [1.29, 1.82) is 0 Å². The summed E-state index contributed by atoms with van der Waals surface area (Å²) in [6, 6.07) is 1.97. The molecule has 1 atom stereocenters. The van der Waals surface area contributed by atoms with Crippen LogP contribution in [0.25, 0.3) is 10.2 Å². The summed E-state index contributed by atoms with van der Waals surface area (Å²) in [5.74, 6) is 0.815. The summed E-state index contributed by atoms with van der Waals surface area (Å²) in [5, 5.41) is 14.8. The standard InChI is InChI=1S/C11H15N3OS/c1-2-3-8(15)6-12-11-10-9(4-5-16-10)13-7-14-11/h4-5,7-8,15H,2-3,6H2,1H3,(H,12,13,14). The molecular formula is C11H15N3OS. The smallest absolute Gasteiger partial charge is 0.147 e. The minimum absolute atomic E-state index is 0.310. The van der Waals surface area contributed by atoms with E-state index in [1.165, 1.54) is 0 Å². The molecule has 2 N–H and O–H groups in total. The molecule has 0 aliphatic heterocycles. The van der Waals surface area contributed by atoms with Crippen LogP contribution >= 0.6 is 11.3 Å². The predicted octanol–water partition coefficient (Wildman–Crippen LogP) is 2.26. The van der Waals surface area contributed by atoms with E-state index in [0.29, 0.717) is 6.54 Å². The van der Waals surface area contributed by atoms with Crippen LogP contribution in [0.5, 0.6) is 0 Å². The van der Waals surface area contributed by atoms with Gasteiger partial charge in [0.2, 0.25) is 0 Å². The van der Waals surface area contributed by atoms with Crippen molar-refractivity contribution in [3.05, 3.63) is 17.8 Å². The second kappa shape index (κ2) is 5.23. The van der Waals surface area contributed by atoms with Gasteiger partial charge in [0.15, 0.2) is 0 Å². The van der Waals surface area contributed by atoms with E-state index in [1.807, 2.05) is 11.4 Å². The molecule has 16 heavy (non-hydrogen) atoms. The number of hydrogen-bond donors (Lipinski definition) is 2. The number of thiophene rings is 1. The van der Waals surface area contributed by atoms with Crippen molar-refractivity contribution in [1.82, 2.24) is 9.97 Å². The fraction of sp³-hybridized carbons (Fsp3) is 0.455. The van der Waals surface area contributed by atoms with E-state index in [9.17, 15) is 5.11 Å². The van der Waals surface area contributed by atoms with Crippen molar-refractivity contribution in [3.8, 4) is 0 Å². The van der Waals surface area contributed by atoms with Gasteiger partial charge in [0.25, 0.3) is 0 Å².